The largest absolute Gasteiger partial charge is 0.480 e. The molecule has 3 nitrogen and oxygen atoms in total. The molecule has 0 saturated carbocycles. The molecule has 0 spiro atoms. The Morgan fingerprint density at radius 2 is 1.89 bits per heavy atom. The SMILES string of the molecule is CCCO.O=C(O)CCl. The van der Waals surface area contributed by atoms with Gasteiger partial charge in [0.05, 0.1) is 0 Å². The monoisotopic (exact) mass is 154 g/mol. The fraction of sp³-hybridized carbons (Fsp3) is 0.800. The lowest BCUT2D eigenvalue weighted by atomic mass is 10.5. The molecular weight excluding hydrogens is 144 g/mol. The highest BCUT2D eigenvalue weighted by Gasteiger charge is 1.83. The standard InChI is InChI=1S/C3H8O.C2H3ClO2/c1-2-3-4;3-1-2(4)5/h4H,2-3H2,1H3;1H2,(H,4,5). The van der Waals surface area contributed by atoms with Crippen LogP contribution in [0, 0.1) is 0 Å². The van der Waals surface area contributed by atoms with Crippen LogP contribution in [0.15, 0.2) is 0 Å². The first-order chi connectivity index (χ1) is 4.18. The minimum atomic E-state index is -0.980. The highest BCUT2D eigenvalue weighted by atomic mass is 35.5. The second kappa shape index (κ2) is 10.7. The van der Waals surface area contributed by atoms with Crippen LogP contribution in [0.25, 0.3) is 0 Å². The first kappa shape index (κ1) is 11.5. The molecular formula is C5H11ClO3. The van der Waals surface area contributed by atoms with Crippen molar-refractivity contribution in [2.24, 2.45) is 0 Å². The van der Waals surface area contributed by atoms with Gasteiger partial charge in [-0.1, -0.05) is 6.92 Å². The third kappa shape index (κ3) is 34.1. The van der Waals surface area contributed by atoms with E-state index < -0.39 is 5.97 Å². The van der Waals surface area contributed by atoms with Crippen molar-refractivity contribution in [1.82, 2.24) is 0 Å². The number of rotatable bonds is 2. The predicted molar refractivity (Wildman–Crippen MR) is 35.7 cm³/mol. The van der Waals surface area contributed by atoms with E-state index in [1.807, 2.05) is 6.92 Å². The van der Waals surface area contributed by atoms with Gasteiger partial charge in [-0.3, -0.25) is 4.79 Å². The minimum Gasteiger partial charge on any atom is -0.480 e. The molecule has 0 aromatic rings. The van der Waals surface area contributed by atoms with E-state index in [0.717, 1.165) is 6.42 Å². The van der Waals surface area contributed by atoms with Crippen molar-refractivity contribution >= 4 is 17.6 Å². The molecule has 0 aliphatic heterocycles. The maximum absolute atomic E-state index is 9.24. The summed E-state index contributed by atoms with van der Waals surface area (Å²) in [5, 5.41) is 15.5. The van der Waals surface area contributed by atoms with E-state index in [1.165, 1.54) is 0 Å². The topological polar surface area (TPSA) is 57.5 Å². The molecule has 0 atom stereocenters. The maximum Gasteiger partial charge on any atom is 0.318 e. The Bertz CT molecular complexity index is 63.2. The molecule has 0 fully saturated rings. The Morgan fingerprint density at radius 1 is 1.67 bits per heavy atom. The van der Waals surface area contributed by atoms with E-state index in [-0.39, 0.29) is 5.88 Å². The summed E-state index contributed by atoms with van der Waals surface area (Å²) in [6.07, 6.45) is 0.875. The van der Waals surface area contributed by atoms with Crippen LogP contribution in [0.4, 0.5) is 0 Å². The number of carbonyl (C=O) groups is 1. The van der Waals surface area contributed by atoms with Gasteiger partial charge in [0.2, 0.25) is 0 Å². The number of carboxylic acid groups (broad SMARTS) is 1. The molecule has 0 bridgehead atoms. The number of hydrogen-bond donors (Lipinski definition) is 2. The summed E-state index contributed by atoms with van der Waals surface area (Å²) in [5.41, 5.74) is 0. The number of halogens is 1. The van der Waals surface area contributed by atoms with Crippen LogP contribution in [-0.4, -0.2) is 28.7 Å². The Balaban J connectivity index is 0. The molecule has 0 aliphatic carbocycles. The predicted octanol–water partition coefficient (Wildman–Crippen LogP) is 0.699. The van der Waals surface area contributed by atoms with Gasteiger partial charge >= 0.3 is 5.97 Å². The van der Waals surface area contributed by atoms with Gasteiger partial charge in [-0.15, -0.1) is 11.6 Å². The van der Waals surface area contributed by atoms with Crippen molar-refractivity contribution in [3.63, 3.8) is 0 Å². The summed E-state index contributed by atoms with van der Waals surface area (Å²) in [4.78, 5) is 9.24. The molecule has 9 heavy (non-hydrogen) atoms. The van der Waals surface area contributed by atoms with Crippen LogP contribution in [-0.2, 0) is 4.79 Å². The number of alkyl halides is 1. The molecule has 0 amide bonds. The van der Waals surface area contributed by atoms with Gasteiger partial charge in [0.15, 0.2) is 0 Å². The van der Waals surface area contributed by atoms with Crippen molar-refractivity contribution in [2.75, 3.05) is 12.5 Å². The van der Waals surface area contributed by atoms with E-state index in [0.29, 0.717) is 6.61 Å². The zero-order chi connectivity index (χ0) is 7.70. The summed E-state index contributed by atoms with van der Waals surface area (Å²) < 4.78 is 0. The van der Waals surface area contributed by atoms with Crippen LogP contribution in [0.2, 0.25) is 0 Å². The Hall–Kier alpha value is -0.280. The second-order valence-electron chi connectivity index (χ2n) is 1.25. The molecule has 0 unspecified atom stereocenters. The number of carboxylic acids is 1. The van der Waals surface area contributed by atoms with E-state index >= 15 is 0 Å². The smallest absolute Gasteiger partial charge is 0.318 e. The van der Waals surface area contributed by atoms with Gasteiger partial charge < -0.3 is 10.2 Å². The average molecular weight is 155 g/mol. The minimum absolute atomic E-state index is 0.306. The molecule has 0 aliphatic rings. The van der Waals surface area contributed by atoms with Gasteiger partial charge in [-0.05, 0) is 6.42 Å². The summed E-state index contributed by atoms with van der Waals surface area (Å²) in [6.45, 7) is 2.25. The van der Waals surface area contributed by atoms with E-state index in [9.17, 15) is 4.79 Å². The number of aliphatic carboxylic acids is 1. The molecule has 0 saturated heterocycles. The van der Waals surface area contributed by atoms with Crippen molar-refractivity contribution in [2.45, 2.75) is 13.3 Å². The first-order valence-electron chi connectivity index (χ1n) is 2.57. The summed E-state index contributed by atoms with van der Waals surface area (Å²) in [7, 11) is 0. The molecule has 0 rings (SSSR count). The zero-order valence-corrected chi connectivity index (χ0v) is 6.06. The highest BCUT2D eigenvalue weighted by molar-refractivity contribution is 6.26. The number of aliphatic hydroxyl groups is 1. The van der Waals surface area contributed by atoms with E-state index in [4.69, 9.17) is 21.8 Å². The van der Waals surface area contributed by atoms with Gasteiger partial charge in [-0.2, -0.15) is 0 Å². The summed E-state index contributed by atoms with van der Waals surface area (Å²) in [6, 6.07) is 0. The molecule has 0 aromatic heterocycles. The summed E-state index contributed by atoms with van der Waals surface area (Å²) in [5.74, 6) is -1.29. The van der Waals surface area contributed by atoms with Crippen LogP contribution in [0.5, 0.6) is 0 Å². The van der Waals surface area contributed by atoms with Crippen LogP contribution in [0.3, 0.4) is 0 Å². The highest BCUT2D eigenvalue weighted by Crippen LogP contribution is 1.67. The van der Waals surface area contributed by atoms with Crippen molar-refractivity contribution in [1.29, 1.82) is 0 Å². The summed E-state index contributed by atoms with van der Waals surface area (Å²) >= 11 is 4.74. The molecule has 0 heterocycles. The Labute approximate surface area is 59.3 Å². The Morgan fingerprint density at radius 3 is 1.89 bits per heavy atom. The van der Waals surface area contributed by atoms with E-state index in [2.05, 4.69) is 0 Å². The fourth-order valence-corrected chi connectivity index (χ4v) is 0. The average Bonchev–Trinajstić information content (AvgIpc) is 1.89. The normalized spacial score (nSPS) is 7.44. The van der Waals surface area contributed by atoms with E-state index in [1.54, 1.807) is 0 Å². The zero-order valence-electron chi connectivity index (χ0n) is 5.30. The quantitative estimate of drug-likeness (QED) is 0.576. The van der Waals surface area contributed by atoms with Crippen molar-refractivity contribution in [3.8, 4) is 0 Å². The van der Waals surface area contributed by atoms with Crippen molar-refractivity contribution < 1.29 is 15.0 Å². The van der Waals surface area contributed by atoms with Gasteiger partial charge in [-0.25, -0.2) is 0 Å². The van der Waals surface area contributed by atoms with Gasteiger partial charge in [0.25, 0.3) is 0 Å². The lowest BCUT2D eigenvalue weighted by Gasteiger charge is -1.69. The third-order valence-corrected chi connectivity index (χ3v) is 0.567. The lowest BCUT2D eigenvalue weighted by Crippen LogP contribution is -1.92. The lowest BCUT2D eigenvalue weighted by molar-refractivity contribution is -0.134. The molecule has 56 valence electrons. The maximum atomic E-state index is 9.24. The fourth-order valence-electron chi connectivity index (χ4n) is 0. The molecule has 4 heteroatoms. The molecule has 0 aromatic carbocycles. The molecule has 2 N–H and O–H groups in total. The first-order valence-corrected chi connectivity index (χ1v) is 3.11. The van der Waals surface area contributed by atoms with Gasteiger partial charge in [0, 0.05) is 6.61 Å². The molecule has 0 radical (unpaired) electrons. The third-order valence-electron chi connectivity index (χ3n) is 0.338. The number of hydrogen-bond acceptors (Lipinski definition) is 2. The second-order valence-corrected chi connectivity index (χ2v) is 1.52. The van der Waals surface area contributed by atoms with Crippen molar-refractivity contribution in [3.05, 3.63) is 0 Å². The number of aliphatic hydroxyl groups excluding tert-OH is 1. The Kier molecular flexibility index (Phi) is 13.6. The van der Waals surface area contributed by atoms with Crippen LogP contribution >= 0.6 is 11.6 Å². The van der Waals surface area contributed by atoms with Crippen LogP contribution < -0.4 is 0 Å². The van der Waals surface area contributed by atoms with Crippen LogP contribution in [0.1, 0.15) is 13.3 Å². The van der Waals surface area contributed by atoms with Gasteiger partial charge in [0.1, 0.15) is 5.88 Å².